The van der Waals surface area contributed by atoms with Gasteiger partial charge in [0, 0.05) is 38.8 Å². The van der Waals surface area contributed by atoms with E-state index in [9.17, 15) is 0 Å². The van der Waals surface area contributed by atoms with Gasteiger partial charge in [0.25, 0.3) is 5.78 Å². The van der Waals surface area contributed by atoms with Crippen LogP contribution in [0.3, 0.4) is 0 Å². The topological polar surface area (TPSA) is 62.7 Å². The lowest BCUT2D eigenvalue weighted by atomic mass is 10.2. The average Bonchev–Trinajstić information content (AvgIpc) is 3.26. The van der Waals surface area contributed by atoms with Crippen molar-refractivity contribution in [1.29, 1.82) is 0 Å². The van der Waals surface area contributed by atoms with Gasteiger partial charge in [0.2, 0.25) is 0 Å². The zero-order chi connectivity index (χ0) is 15.5. The summed E-state index contributed by atoms with van der Waals surface area (Å²) in [5.74, 6) is 2.86. The number of nitrogens with zero attached hydrogens (tertiary/aromatic N) is 6. The SMILES string of the molecule is c1coc(CCCN2CCN(c3ccnc4nncn34)CC2)c1. The van der Waals surface area contributed by atoms with Crippen molar-refractivity contribution < 1.29 is 4.42 Å². The van der Waals surface area contributed by atoms with E-state index in [-0.39, 0.29) is 0 Å². The van der Waals surface area contributed by atoms with Crippen LogP contribution in [0, 0.1) is 0 Å². The maximum Gasteiger partial charge on any atom is 0.256 e. The summed E-state index contributed by atoms with van der Waals surface area (Å²) in [6.07, 6.45) is 7.42. The number of furan rings is 1. The second kappa shape index (κ2) is 6.37. The van der Waals surface area contributed by atoms with E-state index in [1.807, 2.05) is 22.6 Å². The van der Waals surface area contributed by atoms with E-state index >= 15 is 0 Å². The second-order valence-corrected chi connectivity index (χ2v) is 5.82. The van der Waals surface area contributed by atoms with Crippen LogP contribution in [0.2, 0.25) is 0 Å². The predicted molar refractivity (Wildman–Crippen MR) is 86.5 cm³/mol. The predicted octanol–water partition coefficient (Wildman–Crippen LogP) is 1.47. The second-order valence-electron chi connectivity index (χ2n) is 5.82. The van der Waals surface area contributed by atoms with Crippen molar-refractivity contribution in [3.63, 3.8) is 0 Å². The van der Waals surface area contributed by atoms with Crippen LogP contribution < -0.4 is 4.90 Å². The third-order valence-corrected chi connectivity index (χ3v) is 4.36. The highest BCUT2D eigenvalue weighted by molar-refractivity contribution is 5.46. The van der Waals surface area contributed by atoms with E-state index in [1.165, 1.54) is 0 Å². The summed E-state index contributed by atoms with van der Waals surface area (Å²) in [4.78, 5) is 9.11. The zero-order valence-electron chi connectivity index (χ0n) is 13.0. The van der Waals surface area contributed by atoms with Gasteiger partial charge in [-0.3, -0.25) is 9.30 Å². The summed E-state index contributed by atoms with van der Waals surface area (Å²) in [6.45, 7) is 5.29. The fourth-order valence-electron chi connectivity index (χ4n) is 3.12. The summed E-state index contributed by atoms with van der Waals surface area (Å²) in [5.41, 5.74) is 0. The Kier molecular flexibility index (Phi) is 3.94. The molecule has 7 heteroatoms. The molecule has 3 aromatic rings. The monoisotopic (exact) mass is 312 g/mol. The molecule has 0 spiro atoms. The molecule has 0 N–H and O–H groups in total. The van der Waals surface area contributed by atoms with E-state index in [0.29, 0.717) is 5.78 Å². The van der Waals surface area contributed by atoms with Gasteiger partial charge in [0.05, 0.1) is 6.26 Å². The van der Waals surface area contributed by atoms with Crippen molar-refractivity contribution in [2.24, 2.45) is 0 Å². The molecule has 3 aromatic heterocycles. The quantitative estimate of drug-likeness (QED) is 0.711. The molecule has 0 aromatic carbocycles. The molecule has 120 valence electrons. The van der Waals surface area contributed by atoms with Crippen LogP contribution in [0.25, 0.3) is 5.78 Å². The lowest BCUT2D eigenvalue weighted by Crippen LogP contribution is -2.47. The standard InChI is InChI=1S/C16H20N6O/c1(3-14-4-2-12-23-14)7-20-8-10-21(11-9-20)15-5-6-17-16-19-18-13-22(15)16/h2,4-6,12-13H,1,3,7-11H2. The number of aromatic nitrogens is 4. The molecule has 0 saturated carbocycles. The molecule has 7 nitrogen and oxygen atoms in total. The molecule has 4 heterocycles. The summed E-state index contributed by atoms with van der Waals surface area (Å²) < 4.78 is 7.33. The largest absolute Gasteiger partial charge is 0.469 e. The molecule has 0 radical (unpaired) electrons. The first-order valence-electron chi connectivity index (χ1n) is 8.04. The number of anilines is 1. The van der Waals surface area contributed by atoms with E-state index in [2.05, 4.69) is 25.0 Å². The molecular formula is C16H20N6O. The zero-order valence-corrected chi connectivity index (χ0v) is 13.0. The summed E-state index contributed by atoms with van der Waals surface area (Å²) in [7, 11) is 0. The first kappa shape index (κ1) is 14.2. The summed E-state index contributed by atoms with van der Waals surface area (Å²) >= 11 is 0. The average molecular weight is 312 g/mol. The van der Waals surface area contributed by atoms with E-state index < -0.39 is 0 Å². The first-order valence-corrected chi connectivity index (χ1v) is 8.04. The third kappa shape index (κ3) is 3.05. The third-order valence-electron chi connectivity index (χ3n) is 4.36. The molecule has 0 atom stereocenters. The van der Waals surface area contributed by atoms with Crippen molar-refractivity contribution in [2.75, 3.05) is 37.6 Å². The Morgan fingerprint density at radius 3 is 2.87 bits per heavy atom. The van der Waals surface area contributed by atoms with E-state index in [4.69, 9.17) is 4.42 Å². The smallest absolute Gasteiger partial charge is 0.256 e. The van der Waals surface area contributed by atoms with Gasteiger partial charge < -0.3 is 9.32 Å². The molecule has 0 amide bonds. The Bertz CT molecular complexity index is 745. The molecule has 1 fully saturated rings. The lowest BCUT2D eigenvalue weighted by Gasteiger charge is -2.36. The first-order chi connectivity index (χ1) is 11.4. The van der Waals surface area contributed by atoms with Gasteiger partial charge >= 0.3 is 0 Å². The highest BCUT2D eigenvalue weighted by Gasteiger charge is 2.19. The van der Waals surface area contributed by atoms with Crippen molar-refractivity contribution >= 4 is 11.6 Å². The molecule has 0 unspecified atom stereocenters. The highest BCUT2D eigenvalue weighted by atomic mass is 16.3. The van der Waals surface area contributed by atoms with Gasteiger partial charge in [0.1, 0.15) is 17.9 Å². The molecule has 23 heavy (non-hydrogen) atoms. The van der Waals surface area contributed by atoms with Crippen LogP contribution in [0.1, 0.15) is 12.2 Å². The van der Waals surface area contributed by atoms with E-state index in [0.717, 1.165) is 57.1 Å². The van der Waals surface area contributed by atoms with Crippen molar-refractivity contribution in [3.05, 3.63) is 42.7 Å². The van der Waals surface area contributed by atoms with Crippen molar-refractivity contribution in [2.45, 2.75) is 12.8 Å². The van der Waals surface area contributed by atoms with Crippen molar-refractivity contribution in [1.82, 2.24) is 24.5 Å². The number of hydrogen-bond acceptors (Lipinski definition) is 6. The number of piperazine rings is 1. The molecule has 4 rings (SSSR count). The van der Waals surface area contributed by atoms with E-state index in [1.54, 1.807) is 18.8 Å². The summed E-state index contributed by atoms with van der Waals surface area (Å²) in [6, 6.07) is 6.03. The Labute approximate surface area is 134 Å². The van der Waals surface area contributed by atoms with Crippen LogP contribution in [0.15, 0.2) is 41.4 Å². The summed E-state index contributed by atoms with van der Waals surface area (Å²) in [5, 5.41) is 7.95. The van der Waals surface area contributed by atoms with Gasteiger partial charge in [-0.25, -0.2) is 4.98 Å². The van der Waals surface area contributed by atoms with Gasteiger partial charge in [0.15, 0.2) is 0 Å². The van der Waals surface area contributed by atoms with Gasteiger partial charge in [-0.1, -0.05) is 0 Å². The van der Waals surface area contributed by atoms with Crippen LogP contribution in [-0.2, 0) is 6.42 Å². The maximum absolute atomic E-state index is 5.38. The van der Waals surface area contributed by atoms with Gasteiger partial charge in [-0.05, 0) is 31.2 Å². The van der Waals surface area contributed by atoms with Crippen molar-refractivity contribution in [3.8, 4) is 0 Å². The van der Waals surface area contributed by atoms with Crippen LogP contribution in [-0.4, -0.2) is 57.2 Å². The molecule has 0 bridgehead atoms. The number of hydrogen-bond donors (Lipinski definition) is 0. The Morgan fingerprint density at radius 2 is 2.04 bits per heavy atom. The minimum absolute atomic E-state index is 0.656. The Balaban J connectivity index is 1.31. The number of aryl methyl sites for hydroxylation is 1. The van der Waals surface area contributed by atoms with Crippen LogP contribution >= 0.6 is 0 Å². The Hall–Kier alpha value is -2.41. The number of fused-ring (bicyclic) bond motifs is 1. The fraction of sp³-hybridized carbons (Fsp3) is 0.438. The highest BCUT2D eigenvalue weighted by Crippen LogP contribution is 2.16. The van der Waals surface area contributed by atoms with Crippen LogP contribution in [0.5, 0.6) is 0 Å². The van der Waals surface area contributed by atoms with Gasteiger partial charge in [-0.15, -0.1) is 10.2 Å². The molecule has 1 saturated heterocycles. The minimum atomic E-state index is 0.656. The fourth-order valence-corrected chi connectivity index (χ4v) is 3.12. The Morgan fingerprint density at radius 1 is 1.13 bits per heavy atom. The molecule has 1 aliphatic rings. The maximum atomic E-state index is 5.38. The lowest BCUT2D eigenvalue weighted by molar-refractivity contribution is 0.252. The minimum Gasteiger partial charge on any atom is -0.469 e. The van der Waals surface area contributed by atoms with Gasteiger partial charge in [-0.2, -0.15) is 0 Å². The normalized spacial score (nSPS) is 16.3. The molecule has 0 aliphatic carbocycles. The van der Waals surface area contributed by atoms with Crippen LogP contribution in [0.4, 0.5) is 5.82 Å². The molecular weight excluding hydrogens is 292 g/mol. The molecule has 1 aliphatic heterocycles. The number of rotatable bonds is 5.